The summed E-state index contributed by atoms with van der Waals surface area (Å²) < 4.78 is 10.3. The second-order valence-corrected chi connectivity index (χ2v) is 3.75. The lowest BCUT2D eigenvalue weighted by atomic mass is 9.97. The van der Waals surface area contributed by atoms with Gasteiger partial charge in [-0.15, -0.1) is 6.58 Å². The van der Waals surface area contributed by atoms with Gasteiger partial charge in [0.05, 0.1) is 6.61 Å². The molecule has 1 N–H and O–H groups in total. The van der Waals surface area contributed by atoms with Gasteiger partial charge in [0.1, 0.15) is 12.2 Å². The number of aliphatic hydroxyl groups excluding tert-OH is 1. The zero-order valence-electron chi connectivity index (χ0n) is 9.51. The number of ether oxygens (including phenoxy) is 1. The maximum atomic E-state index is 8.91. The van der Waals surface area contributed by atoms with Gasteiger partial charge in [-0.3, -0.25) is 0 Å². The van der Waals surface area contributed by atoms with Crippen LogP contribution in [0.5, 0.6) is 0 Å². The van der Waals surface area contributed by atoms with Crippen LogP contribution in [-0.2, 0) is 8.92 Å². The number of thiol groups is 1. The molecule has 0 aromatic carbocycles. The van der Waals surface area contributed by atoms with Gasteiger partial charge in [-0.05, 0) is 19.8 Å². The van der Waals surface area contributed by atoms with Gasteiger partial charge in [-0.25, -0.2) is 0 Å². The Morgan fingerprint density at radius 2 is 2.20 bits per heavy atom. The third-order valence-electron chi connectivity index (χ3n) is 2.27. The van der Waals surface area contributed by atoms with Crippen molar-refractivity contribution in [2.45, 2.75) is 26.1 Å². The van der Waals surface area contributed by atoms with Crippen molar-refractivity contribution in [1.82, 2.24) is 0 Å². The molecule has 0 aliphatic carbocycles. The molecular formula is C11H20O3S. The van der Waals surface area contributed by atoms with E-state index in [4.69, 9.17) is 14.0 Å². The SMILES string of the molecule is C=C[C@H](OC)[C@@H](OS)[C@H](C)/C=C(/C)CO. The molecule has 0 radical (unpaired) electrons. The van der Waals surface area contributed by atoms with Crippen LogP contribution in [0.2, 0.25) is 0 Å². The maximum Gasteiger partial charge on any atom is 0.108 e. The van der Waals surface area contributed by atoms with Crippen molar-refractivity contribution in [2.24, 2.45) is 5.92 Å². The first-order valence-corrected chi connectivity index (χ1v) is 5.20. The molecule has 0 rings (SSSR count). The van der Waals surface area contributed by atoms with Crippen molar-refractivity contribution in [3.63, 3.8) is 0 Å². The molecule has 15 heavy (non-hydrogen) atoms. The first-order chi connectivity index (χ1) is 7.10. The number of hydrogen-bond donors (Lipinski definition) is 2. The number of rotatable bonds is 7. The van der Waals surface area contributed by atoms with Gasteiger partial charge in [0.2, 0.25) is 0 Å². The third-order valence-corrected chi connectivity index (χ3v) is 2.51. The smallest absolute Gasteiger partial charge is 0.108 e. The minimum absolute atomic E-state index is 0.0510. The van der Waals surface area contributed by atoms with E-state index in [1.165, 1.54) is 0 Å². The summed E-state index contributed by atoms with van der Waals surface area (Å²) >= 11 is 3.83. The molecule has 88 valence electrons. The van der Waals surface area contributed by atoms with Crippen LogP contribution in [0, 0.1) is 5.92 Å². The first kappa shape index (κ1) is 14.7. The minimum Gasteiger partial charge on any atom is -0.392 e. The van der Waals surface area contributed by atoms with Gasteiger partial charge in [0.15, 0.2) is 0 Å². The van der Waals surface area contributed by atoms with Crippen molar-refractivity contribution < 1.29 is 14.0 Å². The Balaban J connectivity index is 4.58. The monoisotopic (exact) mass is 232 g/mol. The van der Waals surface area contributed by atoms with E-state index in [1.807, 2.05) is 19.9 Å². The molecule has 0 fully saturated rings. The predicted molar refractivity (Wildman–Crippen MR) is 64.9 cm³/mol. The zero-order chi connectivity index (χ0) is 11.8. The molecule has 4 heteroatoms. The lowest BCUT2D eigenvalue weighted by Gasteiger charge is -2.25. The molecule has 0 spiro atoms. The molecule has 0 bridgehead atoms. The average Bonchev–Trinajstić information content (AvgIpc) is 2.24. The third kappa shape index (κ3) is 4.84. The normalized spacial score (nSPS) is 18.3. The Morgan fingerprint density at radius 1 is 1.60 bits per heavy atom. The topological polar surface area (TPSA) is 38.7 Å². The summed E-state index contributed by atoms with van der Waals surface area (Å²) in [5, 5.41) is 8.91. The highest BCUT2D eigenvalue weighted by molar-refractivity contribution is 7.75. The molecule has 0 heterocycles. The van der Waals surface area contributed by atoms with Crippen molar-refractivity contribution in [1.29, 1.82) is 0 Å². The summed E-state index contributed by atoms with van der Waals surface area (Å²) in [5.74, 6) is 0.0950. The first-order valence-electron chi connectivity index (χ1n) is 4.84. The summed E-state index contributed by atoms with van der Waals surface area (Å²) in [7, 11) is 1.60. The summed E-state index contributed by atoms with van der Waals surface area (Å²) in [6.07, 6.45) is 3.20. The fourth-order valence-electron chi connectivity index (χ4n) is 1.42. The zero-order valence-corrected chi connectivity index (χ0v) is 10.4. The predicted octanol–water partition coefficient (Wildman–Crippen LogP) is 1.99. The summed E-state index contributed by atoms with van der Waals surface area (Å²) in [6.45, 7) is 7.57. The fourth-order valence-corrected chi connectivity index (χ4v) is 1.73. The van der Waals surface area contributed by atoms with Crippen molar-refractivity contribution in [3.05, 3.63) is 24.3 Å². The Morgan fingerprint density at radius 3 is 2.53 bits per heavy atom. The Kier molecular flexibility index (Phi) is 7.78. The molecule has 0 aromatic heterocycles. The highest BCUT2D eigenvalue weighted by Gasteiger charge is 2.23. The van der Waals surface area contributed by atoms with Crippen LogP contribution < -0.4 is 0 Å². The Hall–Kier alpha value is -0.290. The van der Waals surface area contributed by atoms with Gasteiger partial charge < -0.3 is 14.0 Å². The van der Waals surface area contributed by atoms with Gasteiger partial charge in [0.25, 0.3) is 0 Å². The number of hydrogen-bond acceptors (Lipinski definition) is 4. The van der Waals surface area contributed by atoms with Crippen LogP contribution in [0.15, 0.2) is 24.3 Å². The van der Waals surface area contributed by atoms with Crippen LogP contribution >= 0.6 is 12.9 Å². The second kappa shape index (κ2) is 7.93. The molecule has 0 aliphatic heterocycles. The average molecular weight is 232 g/mol. The van der Waals surface area contributed by atoms with Gasteiger partial charge in [0, 0.05) is 13.0 Å². The van der Waals surface area contributed by atoms with Crippen LogP contribution in [0.4, 0.5) is 0 Å². The van der Waals surface area contributed by atoms with Crippen molar-refractivity contribution in [3.8, 4) is 0 Å². The van der Waals surface area contributed by atoms with Crippen LogP contribution in [0.1, 0.15) is 13.8 Å². The van der Waals surface area contributed by atoms with E-state index < -0.39 is 0 Å². The lowest BCUT2D eigenvalue weighted by Crippen LogP contribution is -2.32. The Bertz CT molecular complexity index is 216. The lowest BCUT2D eigenvalue weighted by molar-refractivity contribution is 0.0264. The van der Waals surface area contributed by atoms with Crippen LogP contribution in [0.3, 0.4) is 0 Å². The summed E-state index contributed by atoms with van der Waals surface area (Å²) in [5.41, 5.74) is 0.900. The second-order valence-electron chi connectivity index (χ2n) is 3.54. The van der Waals surface area contributed by atoms with Gasteiger partial charge in [-0.1, -0.05) is 24.6 Å². The molecule has 0 aromatic rings. The highest BCUT2D eigenvalue weighted by Crippen LogP contribution is 2.19. The molecular weight excluding hydrogens is 212 g/mol. The molecule has 3 nitrogen and oxygen atoms in total. The van der Waals surface area contributed by atoms with E-state index in [9.17, 15) is 0 Å². The summed E-state index contributed by atoms with van der Waals surface area (Å²) in [6, 6.07) is 0. The number of methoxy groups -OCH3 is 1. The van der Waals surface area contributed by atoms with E-state index in [1.54, 1.807) is 13.2 Å². The van der Waals surface area contributed by atoms with Crippen LogP contribution in [0.25, 0.3) is 0 Å². The molecule has 0 saturated heterocycles. The molecule has 0 unspecified atom stereocenters. The van der Waals surface area contributed by atoms with Crippen LogP contribution in [-0.4, -0.2) is 31.0 Å². The van der Waals surface area contributed by atoms with E-state index >= 15 is 0 Å². The van der Waals surface area contributed by atoms with Crippen molar-refractivity contribution >= 4 is 12.9 Å². The van der Waals surface area contributed by atoms with E-state index in [0.717, 1.165) is 5.57 Å². The van der Waals surface area contributed by atoms with Gasteiger partial charge >= 0.3 is 0 Å². The molecule has 0 saturated carbocycles. The Labute approximate surface area is 97.4 Å². The maximum absolute atomic E-state index is 8.91. The van der Waals surface area contributed by atoms with Crippen molar-refractivity contribution in [2.75, 3.05) is 13.7 Å². The standard InChI is InChI=1S/C11H20O3S/c1-5-10(13-4)11(14-15)9(3)6-8(2)7-12/h5-6,9-12,15H,1,7H2,2-4H3/b8-6-/t9-,10+,11+/m1/s1. The quantitative estimate of drug-likeness (QED) is 0.400. The molecule has 0 amide bonds. The minimum atomic E-state index is -0.211. The highest BCUT2D eigenvalue weighted by atomic mass is 32.1. The summed E-state index contributed by atoms with van der Waals surface area (Å²) in [4.78, 5) is 0. The molecule has 0 aliphatic rings. The fraction of sp³-hybridized carbons (Fsp3) is 0.636. The van der Waals surface area contributed by atoms with Gasteiger partial charge in [-0.2, -0.15) is 0 Å². The van der Waals surface area contributed by atoms with E-state index in [-0.39, 0.29) is 24.7 Å². The largest absolute Gasteiger partial charge is 0.392 e. The van der Waals surface area contributed by atoms with E-state index in [0.29, 0.717) is 0 Å². The van der Waals surface area contributed by atoms with E-state index in [2.05, 4.69) is 19.5 Å². The molecule has 3 atom stereocenters. The number of aliphatic hydroxyl groups is 1.